The number of nitrogens with zero attached hydrogens (tertiary/aromatic N) is 1. The lowest BCUT2D eigenvalue weighted by Gasteiger charge is -2.23. The number of aryl methyl sites for hydroxylation is 1. The topological polar surface area (TPSA) is 46.6 Å². The molecular weight excluding hydrogens is 250 g/mol. The molecule has 0 aliphatic carbocycles. The van der Waals surface area contributed by atoms with Crippen LogP contribution in [0, 0.1) is 6.92 Å². The average molecular weight is 267 g/mol. The third-order valence-electron chi connectivity index (χ3n) is 3.16. The van der Waals surface area contributed by atoms with Crippen LogP contribution in [0.4, 0.5) is 0 Å². The number of ether oxygens (including phenoxy) is 1. The first-order valence-electron chi connectivity index (χ1n) is 6.15. The third-order valence-corrected chi connectivity index (χ3v) is 4.02. The van der Waals surface area contributed by atoms with Crippen LogP contribution in [0.5, 0.6) is 0 Å². The van der Waals surface area contributed by atoms with E-state index in [-0.39, 0.29) is 11.9 Å². The molecule has 1 aliphatic rings. The van der Waals surface area contributed by atoms with Crippen LogP contribution in [0.25, 0.3) is 0 Å². The SMILES string of the molecule is CCOC(=O)C1CCCN1C(=O)c1cscc1C. The van der Waals surface area contributed by atoms with Crippen molar-refractivity contribution in [3.05, 3.63) is 21.9 Å². The summed E-state index contributed by atoms with van der Waals surface area (Å²) in [7, 11) is 0. The Hall–Kier alpha value is -1.36. The minimum Gasteiger partial charge on any atom is -0.464 e. The molecule has 1 aromatic heterocycles. The summed E-state index contributed by atoms with van der Waals surface area (Å²) >= 11 is 1.51. The van der Waals surface area contributed by atoms with Gasteiger partial charge in [-0.05, 0) is 37.6 Å². The van der Waals surface area contributed by atoms with E-state index in [0.717, 1.165) is 12.0 Å². The smallest absolute Gasteiger partial charge is 0.328 e. The van der Waals surface area contributed by atoms with Crippen LogP contribution < -0.4 is 0 Å². The second kappa shape index (κ2) is 5.52. The Balaban J connectivity index is 2.15. The Morgan fingerprint density at radius 2 is 2.28 bits per heavy atom. The van der Waals surface area contributed by atoms with Gasteiger partial charge in [-0.25, -0.2) is 4.79 Å². The number of likely N-dealkylation sites (tertiary alicyclic amines) is 1. The quantitative estimate of drug-likeness (QED) is 0.789. The van der Waals surface area contributed by atoms with Gasteiger partial charge in [-0.15, -0.1) is 0 Å². The number of hydrogen-bond acceptors (Lipinski definition) is 4. The van der Waals surface area contributed by atoms with E-state index in [4.69, 9.17) is 4.74 Å². The molecule has 5 heteroatoms. The van der Waals surface area contributed by atoms with Crippen LogP contribution >= 0.6 is 11.3 Å². The number of rotatable bonds is 3. The van der Waals surface area contributed by atoms with E-state index in [1.165, 1.54) is 11.3 Å². The number of thiophene rings is 1. The fraction of sp³-hybridized carbons (Fsp3) is 0.538. The van der Waals surface area contributed by atoms with Crippen molar-refractivity contribution < 1.29 is 14.3 Å². The number of carbonyl (C=O) groups is 2. The molecule has 0 spiro atoms. The molecule has 1 unspecified atom stereocenters. The summed E-state index contributed by atoms with van der Waals surface area (Å²) in [5.74, 6) is -0.333. The van der Waals surface area contributed by atoms with Gasteiger partial charge in [-0.2, -0.15) is 11.3 Å². The van der Waals surface area contributed by atoms with Gasteiger partial charge in [0.25, 0.3) is 5.91 Å². The van der Waals surface area contributed by atoms with Gasteiger partial charge < -0.3 is 9.64 Å². The van der Waals surface area contributed by atoms with Crippen LogP contribution in [-0.2, 0) is 9.53 Å². The standard InChI is InChI=1S/C13H17NO3S/c1-3-17-13(16)11-5-4-6-14(11)12(15)10-8-18-7-9(10)2/h7-8,11H,3-6H2,1-2H3. The first-order chi connectivity index (χ1) is 8.65. The van der Waals surface area contributed by atoms with Crippen LogP contribution in [0.1, 0.15) is 35.7 Å². The van der Waals surface area contributed by atoms with E-state index >= 15 is 0 Å². The largest absolute Gasteiger partial charge is 0.464 e. The third kappa shape index (κ3) is 2.41. The van der Waals surface area contributed by atoms with Gasteiger partial charge in [0, 0.05) is 11.9 Å². The Labute approximate surface area is 111 Å². The maximum absolute atomic E-state index is 12.4. The van der Waals surface area contributed by atoms with Crippen molar-refractivity contribution in [1.29, 1.82) is 0 Å². The van der Waals surface area contributed by atoms with Crippen molar-refractivity contribution in [2.24, 2.45) is 0 Å². The predicted octanol–water partition coefficient (Wildman–Crippen LogP) is 2.22. The molecule has 98 valence electrons. The summed E-state index contributed by atoms with van der Waals surface area (Å²) in [4.78, 5) is 25.8. The molecule has 2 rings (SSSR count). The molecule has 1 aromatic rings. The second-order valence-corrected chi connectivity index (χ2v) is 5.12. The predicted molar refractivity (Wildman–Crippen MR) is 69.7 cm³/mol. The highest BCUT2D eigenvalue weighted by Gasteiger charge is 2.35. The van der Waals surface area contributed by atoms with Crippen LogP contribution in [0.2, 0.25) is 0 Å². The number of hydrogen-bond donors (Lipinski definition) is 0. The molecule has 1 aliphatic heterocycles. The summed E-state index contributed by atoms with van der Waals surface area (Å²) < 4.78 is 5.02. The zero-order chi connectivity index (χ0) is 13.1. The van der Waals surface area contributed by atoms with Crippen molar-refractivity contribution in [2.45, 2.75) is 32.7 Å². The highest BCUT2D eigenvalue weighted by Crippen LogP contribution is 2.24. The molecule has 18 heavy (non-hydrogen) atoms. The first kappa shape index (κ1) is 13.1. The van der Waals surface area contributed by atoms with Gasteiger partial charge in [0.1, 0.15) is 6.04 Å². The summed E-state index contributed by atoms with van der Waals surface area (Å²) in [6.45, 7) is 4.69. The molecular formula is C13H17NO3S. The van der Waals surface area contributed by atoms with Gasteiger partial charge in [0.05, 0.1) is 12.2 Å². The fourth-order valence-corrected chi connectivity index (χ4v) is 3.05. The summed E-state index contributed by atoms with van der Waals surface area (Å²) in [6, 6.07) is -0.406. The minimum absolute atomic E-state index is 0.0516. The van der Waals surface area contributed by atoms with Crippen molar-refractivity contribution in [2.75, 3.05) is 13.2 Å². The normalized spacial score (nSPS) is 19.0. The van der Waals surface area contributed by atoms with Crippen molar-refractivity contribution in [3.8, 4) is 0 Å². The Morgan fingerprint density at radius 3 is 2.89 bits per heavy atom. The Kier molecular flexibility index (Phi) is 4.01. The zero-order valence-electron chi connectivity index (χ0n) is 10.6. The maximum atomic E-state index is 12.4. The molecule has 0 saturated carbocycles. The average Bonchev–Trinajstić information content (AvgIpc) is 2.96. The van der Waals surface area contributed by atoms with Crippen molar-refractivity contribution >= 4 is 23.2 Å². The fourth-order valence-electron chi connectivity index (χ4n) is 2.23. The van der Waals surface area contributed by atoms with Gasteiger partial charge in [0.2, 0.25) is 0 Å². The summed E-state index contributed by atoms with van der Waals surface area (Å²) in [5.41, 5.74) is 1.68. The lowest BCUT2D eigenvalue weighted by molar-refractivity contribution is -0.147. The number of carbonyl (C=O) groups excluding carboxylic acids is 2. The van der Waals surface area contributed by atoms with E-state index in [1.807, 2.05) is 17.7 Å². The molecule has 0 bridgehead atoms. The van der Waals surface area contributed by atoms with Crippen LogP contribution in [-0.4, -0.2) is 36.0 Å². The van der Waals surface area contributed by atoms with Crippen LogP contribution in [0.3, 0.4) is 0 Å². The van der Waals surface area contributed by atoms with Gasteiger partial charge in [0.15, 0.2) is 0 Å². The summed E-state index contributed by atoms with van der Waals surface area (Å²) in [6.07, 6.45) is 1.56. The highest BCUT2D eigenvalue weighted by atomic mass is 32.1. The van der Waals surface area contributed by atoms with E-state index in [0.29, 0.717) is 25.1 Å². The minimum atomic E-state index is -0.406. The molecule has 0 radical (unpaired) electrons. The summed E-state index contributed by atoms with van der Waals surface area (Å²) in [5, 5.41) is 3.79. The second-order valence-electron chi connectivity index (χ2n) is 4.38. The van der Waals surface area contributed by atoms with Crippen LogP contribution in [0.15, 0.2) is 10.8 Å². The van der Waals surface area contributed by atoms with Gasteiger partial charge in [-0.1, -0.05) is 0 Å². The molecule has 0 aromatic carbocycles. The van der Waals surface area contributed by atoms with E-state index in [9.17, 15) is 9.59 Å². The number of amides is 1. The lowest BCUT2D eigenvalue weighted by Crippen LogP contribution is -2.41. The van der Waals surface area contributed by atoms with Gasteiger partial charge in [-0.3, -0.25) is 4.79 Å². The van der Waals surface area contributed by atoms with E-state index in [2.05, 4.69) is 0 Å². The molecule has 1 amide bonds. The highest BCUT2D eigenvalue weighted by molar-refractivity contribution is 7.08. The molecule has 4 nitrogen and oxygen atoms in total. The van der Waals surface area contributed by atoms with E-state index < -0.39 is 6.04 Å². The van der Waals surface area contributed by atoms with Crippen molar-refractivity contribution in [3.63, 3.8) is 0 Å². The van der Waals surface area contributed by atoms with E-state index in [1.54, 1.807) is 11.8 Å². The zero-order valence-corrected chi connectivity index (χ0v) is 11.5. The monoisotopic (exact) mass is 267 g/mol. The maximum Gasteiger partial charge on any atom is 0.328 e. The lowest BCUT2D eigenvalue weighted by atomic mass is 10.1. The molecule has 1 saturated heterocycles. The molecule has 0 N–H and O–H groups in total. The molecule has 2 heterocycles. The Morgan fingerprint density at radius 1 is 1.50 bits per heavy atom. The molecule has 1 fully saturated rings. The Bertz CT molecular complexity index is 455. The van der Waals surface area contributed by atoms with Gasteiger partial charge >= 0.3 is 5.97 Å². The number of esters is 1. The first-order valence-corrected chi connectivity index (χ1v) is 7.09. The molecule has 1 atom stereocenters. The van der Waals surface area contributed by atoms with Crippen molar-refractivity contribution in [1.82, 2.24) is 4.90 Å².